The van der Waals surface area contributed by atoms with E-state index in [4.69, 9.17) is 17.0 Å². The highest BCUT2D eigenvalue weighted by Crippen LogP contribution is 2.23. The number of aromatic nitrogens is 2. The quantitative estimate of drug-likeness (QED) is 0.809. The summed E-state index contributed by atoms with van der Waals surface area (Å²) < 4.78 is 5.28. The smallest absolute Gasteiger partial charge is 0.234 e. The second-order valence-electron chi connectivity index (χ2n) is 5.58. The molecule has 1 aromatic heterocycles. The second-order valence-corrected chi connectivity index (χ2v) is 5.99. The van der Waals surface area contributed by atoms with Crippen LogP contribution in [0, 0.1) is 0 Å². The summed E-state index contributed by atoms with van der Waals surface area (Å²) in [5.74, 6) is 1.84. The number of anilines is 2. The molecule has 0 radical (unpaired) electrons. The minimum absolute atomic E-state index is 0.446. The number of rotatable bonds is 5. The topological polar surface area (TPSA) is 62.3 Å². The molecule has 2 heterocycles. The summed E-state index contributed by atoms with van der Waals surface area (Å²) in [6.45, 7) is 2.67. The summed E-state index contributed by atoms with van der Waals surface area (Å²) in [7, 11) is 1.60. The molecule has 0 atom stereocenters. The zero-order valence-corrected chi connectivity index (χ0v) is 14.5. The largest absolute Gasteiger partial charge is 0.481 e. The minimum atomic E-state index is 0.446. The number of nitrogens with zero attached hydrogens (tertiary/aromatic N) is 3. The third-order valence-corrected chi connectivity index (χ3v) is 4.10. The molecule has 1 aliphatic heterocycles. The molecule has 6 nitrogen and oxygen atoms in total. The standard InChI is InChI=1S/C17H21N5OS/c1-23-15-11-14(22-9-5-6-10-22)19-16(20-15)21-17(24)18-12-13-7-3-2-4-8-13/h2-4,7-8,11H,5-6,9-10,12H2,1H3,(H2,18,19,20,21,24). The van der Waals surface area contributed by atoms with Gasteiger partial charge in [-0.3, -0.25) is 0 Å². The highest BCUT2D eigenvalue weighted by molar-refractivity contribution is 7.80. The first-order valence-electron chi connectivity index (χ1n) is 8.01. The molecule has 3 rings (SSSR count). The number of nitrogens with one attached hydrogen (secondary N) is 2. The van der Waals surface area contributed by atoms with Crippen molar-refractivity contribution >= 4 is 29.1 Å². The van der Waals surface area contributed by atoms with Crippen molar-refractivity contribution in [3.8, 4) is 5.88 Å². The summed E-state index contributed by atoms with van der Waals surface area (Å²) >= 11 is 5.34. The van der Waals surface area contributed by atoms with E-state index >= 15 is 0 Å². The molecule has 1 aromatic carbocycles. The Labute approximate surface area is 147 Å². The monoisotopic (exact) mass is 343 g/mol. The first kappa shape index (κ1) is 16.4. The molecule has 2 aromatic rings. The van der Waals surface area contributed by atoms with Crippen LogP contribution in [0.5, 0.6) is 5.88 Å². The molecule has 1 fully saturated rings. The van der Waals surface area contributed by atoms with Gasteiger partial charge in [-0.15, -0.1) is 0 Å². The number of methoxy groups -OCH3 is 1. The van der Waals surface area contributed by atoms with Crippen molar-refractivity contribution in [3.05, 3.63) is 42.0 Å². The maximum atomic E-state index is 5.34. The lowest BCUT2D eigenvalue weighted by Gasteiger charge is -2.18. The van der Waals surface area contributed by atoms with Gasteiger partial charge in [0.25, 0.3) is 0 Å². The molecule has 0 unspecified atom stereocenters. The van der Waals surface area contributed by atoms with Crippen molar-refractivity contribution in [1.29, 1.82) is 0 Å². The van der Waals surface area contributed by atoms with Gasteiger partial charge in [-0.1, -0.05) is 30.3 Å². The molecule has 0 aliphatic carbocycles. The van der Waals surface area contributed by atoms with E-state index in [1.54, 1.807) is 7.11 Å². The van der Waals surface area contributed by atoms with Gasteiger partial charge in [0.05, 0.1) is 7.11 Å². The van der Waals surface area contributed by atoms with Crippen LogP contribution in [-0.2, 0) is 6.54 Å². The van der Waals surface area contributed by atoms with Crippen LogP contribution < -0.4 is 20.3 Å². The van der Waals surface area contributed by atoms with Gasteiger partial charge in [0, 0.05) is 25.7 Å². The lowest BCUT2D eigenvalue weighted by Crippen LogP contribution is -2.29. The Bertz CT molecular complexity index is 689. The van der Waals surface area contributed by atoms with Crippen molar-refractivity contribution in [1.82, 2.24) is 15.3 Å². The van der Waals surface area contributed by atoms with E-state index in [2.05, 4.69) is 25.5 Å². The second kappa shape index (κ2) is 7.92. The minimum Gasteiger partial charge on any atom is -0.481 e. The molecule has 1 aliphatic rings. The van der Waals surface area contributed by atoms with Crippen LogP contribution in [0.25, 0.3) is 0 Å². The van der Waals surface area contributed by atoms with Crippen LogP contribution in [0.15, 0.2) is 36.4 Å². The molecule has 0 amide bonds. The van der Waals surface area contributed by atoms with E-state index in [1.807, 2.05) is 36.4 Å². The predicted molar refractivity (Wildman–Crippen MR) is 99.5 cm³/mol. The molecule has 24 heavy (non-hydrogen) atoms. The van der Waals surface area contributed by atoms with Crippen molar-refractivity contribution in [3.63, 3.8) is 0 Å². The number of benzene rings is 1. The molecular weight excluding hydrogens is 322 g/mol. The fourth-order valence-electron chi connectivity index (χ4n) is 2.61. The Morgan fingerprint density at radius 1 is 1.21 bits per heavy atom. The molecular formula is C17H21N5OS. The Balaban J connectivity index is 1.64. The first-order chi connectivity index (χ1) is 11.7. The lowest BCUT2D eigenvalue weighted by atomic mass is 10.2. The van der Waals surface area contributed by atoms with Crippen molar-refractivity contribution in [2.45, 2.75) is 19.4 Å². The van der Waals surface area contributed by atoms with E-state index in [1.165, 1.54) is 12.8 Å². The molecule has 1 saturated heterocycles. The van der Waals surface area contributed by atoms with E-state index < -0.39 is 0 Å². The van der Waals surface area contributed by atoms with Gasteiger partial charge in [0.2, 0.25) is 11.8 Å². The van der Waals surface area contributed by atoms with Crippen LogP contribution in [0.3, 0.4) is 0 Å². The number of thiocarbonyl (C=S) groups is 1. The molecule has 0 spiro atoms. The number of hydrogen-bond donors (Lipinski definition) is 2. The molecule has 0 saturated carbocycles. The average Bonchev–Trinajstić information content (AvgIpc) is 3.15. The highest BCUT2D eigenvalue weighted by Gasteiger charge is 2.16. The Morgan fingerprint density at radius 3 is 2.67 bits per heavy atom. The third-order valence-electron chi connectivity index (χ3n) is 3.85. The van der Waals surface area contributed by atoms with Crippen molar-refractivity contribution in [2.24, 2.45) is 0 Å². The highest BCUT2D eigenvalue weighted by atomic mass is 32.1. The Hall–Kier alpha value is -2.41. The fourth-order valence-corrected chi connectivity index (χ4v) is 2.77. The summed E-state index contributed by atoms with van der Waals surface area (Å²) in [6.07, 6.45) is 2.37. The molecule has 7 heteroatoms. The summed E-state index contributed by atoms with van der Waals surface area (Å²) in [6, 6.07) is 11.9. The van der Waals surface area contributed by atoms with Crippen LogP contribution in [0.4, 0.5) is 11.8 Å². The van der Waals surface area contributed by atoms with Gasteiger partial charge in [0.15, 0.2) is 5.11 Å². The van der Waals surface area contributed by atoms with Gasteiger partial charge in [0.1, 0.15) is 5.82 Å². The number of hydrogen-bond acceptors (Lipinski definition) is 5. The Kier molecular flexibility index (Phi) is 5.43. The Morgan fingerprint density at radius 2 is 1.96 bits per heavy atom. The van der Waals surface area contributed by atoms with Crippen LogP contribution in [0.1, 0.15) is 18.4 Å². The van der Waals surface area contributed by atoms with Crippen LogP contribution >= 0.6 is 12.2 Å². The summed E-state index contributed by atoms with van der Waals surface area (Å²) in [4.78, 5) is 11.1. The van der Waals surface area contributed by atoms with Crippen LogP contribution in [0.2, 0.25) is 0 Å². The zero-order chi connectivity index (χ0) is 16.8. The molecule has 126 valence electrons. The molecule has 0 bridgehead atoms. The number of ether oxygens (including phenoxy) is 1. The third kappa shape index (κ3) is 4.32. The van der Waals surface area contributed by atoms with E-state index in [0.717, 1.165) is 24.5 Å². The van der Waals surface area contributed by atoms with Crippen LogP contribution in [-0.4, -0.2) is 35.3 Å². The molecule has 2 N–H and O–H groups in total. The zero-order valence-electron chi connectivity index (χ0n) is 13.7. The van der Waals surface area contributed by atoms with Gasteiger partial charge in [-0.2, -0.15) is 9.97 Å². The van der Waals surface area contributed by atoms with E-state index in [0.29, 0.717) is 23.5 Å². The maximum absolute atomic E-state index is 5.34. The van der Waals surface area contributed by atoms with Gasteiger partial charge >= 0.3 is 0 Å². The lowest BCUT2D eigenvalue weighted by molar-refractivity contribution is 0.397. The predicted octanol–water partition coefficient (Wildman–Crippen LogP) is 2.57. The van der Waals surface area contributed by atoms with Gasteiger partial charge in [-0.25, -0.2) is 0 Å². The van der Waals surface area contributed by atoms with Gasteiger partial charge < -0.3 is 20.3 Å². The van der Waals surface area contributed by atoms with Gasteiger partial charge in [-0.05, 0) is 30.6 Å². The van der Waals surface area contributed by atoms with Crippen molar-refractivity contribution in [2.75, 3.05) is 30.4 Å². The first-order valence-corrected chi connectivity index (χ1v) is 8.42. The SMILES string of the molecule is COc1cc(N2CCCC2)nc(NC(=S)NCc2ccccc2)n1. The maximum Gasteiger partial charge on any atom is 0.234 e. The van der Waals surface area contributed by atoms with Crippen molar-refractivity contribution < 1.29 is 4.74 Å². The fraction of sp³-hybridized carbons (Fsp3) is 0.353. The summed E-state index contributed by atoms with van der Waals surface area (Å²) in [5, 5.41) is 6.69. The average molecular weight is 343 g/mol. The van der Waals surface area contributed by atoms with E-state index in [9.17, 15) is 0 Å². The summed E-state index contributed by atoms with van der Waals surface area (Å²) in [5.41, 5.74) is 1.16. The normalized spacial score (nSPS) is 13.6. The van der Waals surface area contributed by atoms with E-state index in [-0.39, 0.29) is 0 Å².